The molecule has 136 valence electrons. The second-order valence-electron chi connectivity index (χ2n) is 7.53. The van der Waals surface area contributed by atoms with Crippen molar-refractivity contribution >= 4 is 5.97 Å². The van der Waals surface area contributed by atoms with Crippen LogP contribution in [0.2, 0.25) is 0 Å². The minimum Gasteiger partial charge on any atom is -0.464 e. The van der Waals surface area contributed by atoms with Gasteiger partial charge in [-0.15, -0.1) is 0 Å². The lowest BCUT2D eigenvalue weighted by Crippen LogP contribution is -2.33. The van der Waals surface area contributed by atoms with Gasteiger partial charge in [-0.3, -0.25) is 9.69 Å². The molecule has 0 radical (unpaired) electrons. The van der Waals surface area contributed by atoms with Crippen LogP contribution in [0.15, 0.2) is 60.7 Å². The Labute approximate surface area is 156 Å². The Morgan fingerprint density at radius 3 is 2.08 bits per heavy atom. The number of hydrogen-bond donors (Lipinski definition) is 0. The first-order chi connectivity index (χ1) is 12.8. The quantitative estimate of drug-likeness (QED) is 0.738. The lowest BCUT2D eigenvalue weighted by Gasteiger charge is -2.26. The normalized spacial score (nSPS) is 21.9. The molecule has 0 bridgehead atoms. The SMILES string of the molecule is O=C(OCCN1CCCCC1)[C@@H]1CC1(c1ccccc1)c1ccccc1. The van der Waals surface area contributed by atoms with Crippen LogP contribution >= 0.6 is 0 Å². The maximum Gasteiger partial charge on any atom is 0.310 e. The molecule has 1 heterocycles. The highest BCUT2D eigenvalue weighted by atomic mass is 16.5. The molecule has 0 spiro atoms. The predicted octanol–water partition coefficient (Wildman–Crippen LogP) is 4.02. The van der Waals surface area contributed by atoms with Gasteiger partial charge in [0.25, 0.3) is 0 Å². The minimum absolute atomic E-state index is 0.0466. The predicted molar refractivity (Wildman–Crippen MR) is 103 cm³/mol. The number of carbonyl (C=O) groups excluding carboxylic acids is 1. The van der Waals surface area contributed by atoms with Crippen LogP contribution in [0.25, 0.3) is 0 Å². The van der Waals surface area contributed by atoms with Gasteiger partial charge in [-0.1, -0.05) is 67.1 Å². The second-order valence-corrected chi connectivity index (χ2v) is 7.53. The summed E-state index contributed by atoms with van der Waals surface area (Å²) < 4.78 is 5.69. The Hall–Kier alpha value is -2.13. The van der Waals surface area contributed by atoms with E-state index in [2.05, 4.69) is 53.4 Å². The summed E-state index contributed by atoms with van der Waals surface area (Å²) in [5.74, 6) is -0.122. The molecular formula is C23H27NO2. The van der Waals surface area contributed by atoms with Gasteiger partial charge in [0, 0.05) is 12.0 Å². The van der Waals surface area contributed by atoms with Gasteiger partial charge < -0.3 is 4.74 Å². The largest absolute Gasteiger partial charge is 0.464 e. The van der Waals surface area contributed by atoms with Crippen molar-refractivity contribution < 1.29 is 9.53 Å². The van der Waals surface area contributed by atoms with Crippen molar-refractivity contribution in [1.29, 1.82) is 0 Å². The summed E-state index contributed by atoms with van der Waals surface area (Å²) in [6.45, 7) is 3.65. The van der Waals surface area contributed by atoms with Crippen LogP contribution in [0.4, 0.5) is 0 Å². The highest BCUT2D eigenvalue weighted by molar-refractivity contribution is 5.81. The lowest BCUT2D eigenvalue weighted by molar-refractivity contribution is -0.146. The van der Waals surface area contributed by atoms with Crippen molar-refractivity contribution in [3.63, 3.8) is 0 Å². The van der Waals surface area contributed by atoms with Crippen molar-refractivity contribution in [3.8, 4) is 0 Å². The first kappa shape index (κ1) is 17.3. The number of hydrogen-bond acceptors (Lipinski definition) is 3. The summed E-state index contributed by atoms with van der Waals surface area (Å²) in [7, 11) is 0. The summed E-state index contributed by atoms with van der Waals surface area (Å²) in [6.07, 6.45) is 4.70. The molecule has 0 amide bonds. The fraction of sp³-hybridized carbons (Fsp3) is 0.435. The number of ether oxygens (including phenoxy) is 1. The van der Waals surface area contributed by atoms with Gasteiger partial charge in [-0.2, -0.15) is 0 Å². The van der Waals surface area contributed by atoms with Crippen molar-refractivity contribution in [3.05, 3.63) is 71.8 Å². The first-order valence-corrected chi connectivity index (χ1v) is 9.81. The van der Waals surface area contributed by atoms with Crippen LogP contribution in [-0.2, 0) is 14.9 Å². The Morgan fingerprint density at radius 2 is 1.50 bits per heavy atom. The molecule has 1 saturated heterocycles. The molecule has 0 unspecified atom stereocenters. The Bertz CT molecular complexity index is 683. The Balaban J connectivity index is 1.44. The van der Waals surface area contributed by atoms with Crippen molar-refractivity contribution in [2.45, 2.75) is 31.1 Å². The zero-order valence-electron chi connectivity index (χ0n) is 15.3. The van der Waals surface area contributed by atoms with Gasteiger partial charge in [0.15, 0.2) is 0 Å². The Kier molecular flexibility index (Phi) is 5.07. The van der Waals surface area contributed by atoms with Crippen molar-refractivity contribution in [1.82, 2.24) is 4.90 Å². The highest BCUT2D eigenvalue weighted by Gasteiger charge is 2.61. The molecule has 0 N–H and O–H groups in total. The number of esters is 1. The van der Waals surface area contributed by atoms with Gasteiger partial charge in [0.05, 0.1) is 5.92 Å². The van der Waals surface area contributed by atoms with E-state index in [1.807, 2.05) is 12.1 Å². The zero-order valence-corrected chi connectivity index (χ0v) is 15.3. The van der Waals surface area contributed by atoms with Crippen LogP contribution in [0.5, 0.6) is 0 Å². The van der Waals surface area contributed by atoms with Gasteiger partial charge in [0.2, 0.25) is 0 Å². The summed E-state index contributed by atoms with van der Waals surface area (Å²) in [4.78, 5) is 15.2. The van der Waals surface area contributed by atoms with E-state index in [-0.39, 0.29) is 17.3 Å². The zero-order chi connectivity index (χ0) is 17.8. The summed E-state index contributed by atoms with van der Waals surface area (Å²) in [5, 5.41) is 0. The molecule has 26 heavy (non-hydrogen) atoms. The summed E-state index contributed by atoms with van der Waals surface area (Å²) in [6, 6.07) is 20.8. The molecule has 2 fully saturated rings. The number of rotatable bonds is 6. The van der Waals surface area contributed by atoms with Crippen LogP contribution in [0.1, 0.15) is 36.8 Å². The third kappa shape index (κ3) is 3.41. The van der Waals surface area contributed by atoms with Gasteiger partial charge in [-0.25, -0.2) is 0 Å². The summed E-state index contributed by atoms with van der Waals surface area (Å²) >= 11 is 0. The molecule has 1 aliphatic heterocycles. The highest BCUT2D eigenvalue weighted by Crippen LogP contribution is 2.59. The van der Waals surface area contributed by atoms with Crippen LogP contribution < -0.4 is 0 Å². The standard InChI is InChI=1S/C23H27NO2/c25-22(26-17-16-24-14-8-3-9-15-24)21-18-23(21,19-10-4-1-5-11-19)20-12-6-2-7-13-20/h1-2,4-7,10-13,21H,3,8-9,14-18H2/t21-/m0/s1. The van der Waals surface area contributed by atoms with Gasteiger partial charge >= 0.3 is 5.97 Å². The second kappa shape index (κ2) is 7.63. The number of nitrogens with zero attached hydrogens (tertiary/aromatic N) is 1. The topological polar surface area (TPSA) is 29.5 Å². The number of piperidine rings is 1. The van der Waals surface area contributed by atoms with Crippen LogP contribution in [0.3, 0.4) is 0 Å². The van der Waals surface area contributed by atoms with E-state index in [1.54, 1.807) is 0 Å². The molecule has 2 aliphatic rings. The molecule has 1 atom stereocenters. The Morgan fingerprint density at radius 1 is 0.923 bits per heavy atom. The third-order valence-electron chi connectivity index (χ3n) is 5.92. The molecule has 0 aromatic heterocycles. The third-order valence-corrected chi connectivity index (χ3v) is 5.92. The first-order valence-electron chi connectivity index (χ1n) is 9.81. The number of likely N-dealkylation sites (tertiary alicyclic amines) is 1. The van der Waals surface area contributed by atoms with Crippen molar-refractivity contribution in [2.24, 2.45) is 5.92 Å². The molecule has 2 aromatic rings. The van der Waals surface area contributed by atoms with Crippen molar-refractivity contribution in [2.75, 3.05) is 26.2 Å². The fourth-order valence-electron chi connectivity index (χ4n) is 4.38. The molecule has 4 rings (SSSR count). The molecular weight excluding hydrogens is 322 g/mol. The molecule has 1 saturated carbocycles. The monoisotopic (exact) mass is 349 g/mol. The average molecular weight is 349 g/mol. The fourth-order valence-corrected chi connectivity index (χ4v) is 4.38. The molecule has 2 aromatic carbocycles. The van der Waals surface area contributed by atoms with Gasteiger partial charge in [0.1, 0.15) is 6.61 Å². The summed E-state index contributed by atoms with van der Waals surface area (Å²) in [5.41, 5.74) is 2.21. The lowest BCUT2D eigenvalue weighted by atomic mass is 9.86. The van der Waals surface area contributed by atoms with E-state index in [9.17, 15) is 4.79 Å². The maximum atomic E-state index is 12.8. The number of benzene rings is 2. The number of carbonyl (C=O) groups is 1. The molecule has 3 heteroatoms. The van der Waals surface area contributed by atoms with E-state index in [4.69, 9.17) is 4.74 Å². The molecule has 1 aliphatic carbocycles. The van der Waals surface area contributed by atoms with E-state index in [0.29, 0.717) is 6.61 Å². The minimum atomic E-state index is -0.218. The van der Waals surface area contributed by atoms with E-state index in [1.165, 1.54) is 30.4 Å². The van der Waals surface area contributed by atoms with E-state index < -0.39 is 0 Å². The van der Waals surface area contributed by atoms with E-state index in [0.717, 1.165) is 26.1 Å². The smallest absolute Gasteiger partial charge is 0.310 e. The average Bonchev–Trinajstić information content (AvgIpc) is 3.47. The van der Waals surface area contributed by atoms with Gasteiger partial charge in [-0.05, 0) is 43.5 Å². The van der Waals surface area contributed by atoms with Crippen LogP contribution in [0, 0.1) is 5.92 Å². The molecule has 3 nitrogen and oxygen atoms in total. The van der Waals surface area contributed by atoms with Crippen LogP contribution in [-0.4, -0.2) is 37.1 Å². The maximum absolute atomic E-state index is 12.8. The van der Waals surface area contributed by atoms with E-state index >= 15 is 0 Å².